The molecule has 2 unspecified atom stereocenters. The van der Waals surface area contributed by atoms with Crippen LogP contribution in [0.3, 0.4) is 0 Å². The van der Waals surface area contributed by atoms with Gasteiger partial charge in [0.15, 0.2) is 0 Å². The van der Waals surface area contributed by atoms with Crippen molar-refractivity contribution in [3.05, 3.63) is 0 Å². The van der Waals surface area contributed by atoms with Crippen LogP contribution in [0.15, 0.2) is 0 Å². The van der Waals surface area contributed by atoms with E-state index in [9.17, 15) is 4.79 Å². The summed E-state index contributed by atoms with van der Waals surface area (Å²) in [6.07, 6.45) is 8.47. The van der Waals surface area contributed by atoms with Crippen molar-refractivity contribution in [1.29, 1.82) is 0 Å². The predicted octanol–water partition coefficient (Wildman–Crippen LogP) is 1.12. The van der Waals surface area contributed by atoms with Crippen molar-refractivity contribution in [2.75, 3.05) is 32.8 Å². The zero-order chi connectivity index (χ0) is 15.4. The van der Waals surface area contributed by atoms with Crippen LogP contribution in [0.4, 0.5) is 0 Å². The second-order valence-electron chi connectivity index (χ2n) is 7.38. The molecule has 1 amide bonds. The number of hydrogen-bond donors (Lipinski definition) is 2. The third kappa shape index (κ3) is 4.21. The van der Waals surface area contributed by atoms with Gasteiger partial charge in [-0.05, 0) is 43.9 Å². The number of amides is 1. The number of nitrogens with zero attached hydrogens (tertiary/aromatic N) is 1. The van der Waals surface area contributed by atoms with E-state index in [1.54, 1.807) is 0 Å². The maximum absolute atomic E-state index is 12.4. The van der Waals surface area contributed by atoms with Crippen LogP contribution in [-0.4, -0.2) is 55.7 Å². The summed E-state index contributed by atoms with van der Waals surface area (Å²) in [6, 6.07) is -0.0763. The minimum absolute atomic E-state index is 0.0413. The molecule has 0 spiro atoms. The van der Waals surface area contributed by atoms with E-state index in [1.165, 1.54) is 32.2 Å². The fraction of sp³-hybridized carbons (Fsp3) is 0.941. The van der Waals surface area contributed by atoms with Crippen molar-refractivity contribution in [3.63, 3.8) is 0 Å². The first-order valence-corrected chi connectivity index (χ1v) is 9.08. The van der Waals surface area contributed by atoms with Gasteiger partial charge in [0.25, 0.3) is 0 Å². The van der Waals surface area contributed by atoms with Crippen LogP contribution in [0.2, 0.25) is 0 Å². The van der Waals surface area contributed by atoms with E-state index < -0.39 is 0 Å². The van der Waals surface area contributed by atoms with Gasteiger partial charge in [0.2, 0.25) is 5.91 Å². The van der Waals surface area contributed by atoms with Gasteiger partial charge in [-0.1, -0.05) is 12.8 Å². The molecule has 0 aromatic heterocycles. The Balaban J connectivity index is 1.40. The average molecular weight is 309 g/mol. The minimum atomic E-state index is -0.368. The summed E-state index contributed by atoms with van der Waals surface area (Å²) < 4.78 is 5.35. The van der Waals surface area contributed by atoms with E-state index in [4.69, 9.17) is 10.5 Å². The molecule has 3 aliphatic rings. The molecule has 3 N–H and O–H groups in total. The first-order chi connectivity index (χ1) is 10.7. The first-order valence-electron chi connectivity index (χ1n) is 9.08. The topological polar surface area (TPSA) is 67.6 Å². The Morgan fingerprint density at radius 2 is 1.91 bits per heavy atom. The van der Waals surface area contributed by atoms with E-state index >= 15 is 0 Å². The molecular weight excluding hydrogens is 278 g/mol. The van der Waals surface area contributed by atoms with Gasteiger partial charge in [-0.3, -0.25) is 4.79 Å². The Morgan fingerprint density at radius 3 is 2.64 bits per heavy atom. The Bertz CT molecular complexity index is 365. The second-order valence-corrected chi connectivity index (χ2v) is 7.38. The van der Waals surface area contributed by atoms with Crippen molar-refractivity contribution in [1.82, 2.24) is 10.2 Å². The zero-order valence-electron chi connectivity index (χ0n) is 13.6. The lowest BCUT2D eigenvalue weighted by atomic mass is 9.91. The van der Waals surface area contributed by atoms with Crippen molar-refractivity contribution in [2.45, 2.75) is 57.0 Å². The van der Waals surface area contributed by atoms with Gasteiger partial charge >= 0.3 is 0 Å². The van der Waals surface area contributed by atoms with Crippen molar-refractivity contribution in [2.24, 2.45) is 17.6 Å². The van der Waals surface area contributed by atoms with Gasteiger partial charge < -0.3 is 20.7 Å². The van der Waals surface area contributed by atoms with Gasteiger partial charge in [0.1, 0.15) is 0 Å². The molecule has 1 saturated carbocycles. The number of likely N-dealkylation sites (tertiary alicyclic amines) is 1. The van der Waals surface area contributed by atoms with Crippen LogP contribution in [0, 0.1) is 11.8 Å². The molecule has 1 aliphatic carbocycles. The van der Waals surface area contributed by atoms with Crippen LogP contribution in [-0.2, 0) is 9.53 Å². The third-order valence-corrected chi connectivity index (χ3v) is 5.69. The van der Waals surface area contributed by atoms with E-state index in [1.807, 2.05) is 0 Å². The van der Waals surface area contributed by atoms with Crippen LogP contribution in [0.25, 0.3) is 0 Å². The summed E-state index contributed by atoms with van der Waals surface area (Å²) in [5, 5.41) is 3.18. The molecule has 5 nitrogen and oxygen atoms in total. The van der Waals surface area contributed by atoms with Gasteiger partial charge in [0, 0.05) is 38.9 Å². The average Bonchev–Trinajstić information content (AvgIpc) is 3.20. The molecule has 2 aliphatic heterocycles. The summed E-state index contributed by atoms with van der Waals surface area (Å²) in [4.78, 5) is 14.9. The molecule has 2 heterocycles. The smallest absolute Gasteiger partial charge is 0.237 e. The van der Waals surface area contributed by atoms with Gasteiger partial charge in [0.05, 0.1) is 6.04 Å². The molecule has 2 atom stereocenters. The Morgan fingerprint density at radius 1 is 1.18 bits per heavy atom. The second kappa shape index (κ2) is 7.75. The summed E-state index contributed by atoms with van der Waals surface area (Å²) in [7, 11) is 0. The quantitative estimate of drug-likeness (QED) is 0.799. The van der Waals surface area contributed by atoms with Crippen molar-refractivity contribution < 1.29 is 9.53 Å². The Kier molecular flexibility index (Phi) is 5.71. The molecule has 5 heteroatoms. The molecule has 126 valence electrons. The zero-order valence-corrected chi connectivity index (χ0v) is 13.6. The lowest BCUT2D eigenvalue weighted by Crippen LogP contribution is -2.50. The van der Waals surface area contributed by atoms with E-state index in [-0.39, 0.29) is 17.9 Å². The number of nitrogens with one attached hydrogen (secondary N) is 1. The van der Waals surface area contributed by atoms with E-state index in [2.05, 4.69) is 10.2 Å². The number of ether oxygens (including phenoxy) is 1. The fourth-order valence-corrected chi connectivity index (χ4v) is 4.26. The minimum Gasteiger partial charge on any atom is -0.381 e. The highest BCUT2D eigenvalue weighted by atomic mass is 16.5. The first kappa shape index (κ1) is 16.2. The molecule has 0 aromatic carbocycles. The van der Waals surface area contributed by atoms with Crippen molar-refractivity contribution in [3.8, 4) is 0 Å². The highest BCUT2D eigenvalue weighted by Gasteiger charge is 2.31. The molecule has 3 fully saturated rings. The number of hydrogen-bond acceptors (Lipinski definition) is 4. The molecule has 0 bridgehead atoms. The monoisotopic (exact) mass is 309 g/mol. The van der Waals surface area contributed by atoms with Gasteiger partial charge in [-0.25, -0.2) is 0 Å². The SMILES string of the molecule is NC(C(=O)NC1CCN(CC2CCCC2)C1)C1CCOCC1. The maximum Gasteiger partial charge on any atom is 0.237 e. The summed E-state index contributed by atoms with van der Waals surface area (Å²) in [5.74, 6) is 1.21. The molecule has 0 aromatic rings. The lowest BCUT2D eigenvalue weighted by Gasteiger charge is -2.28. The highest BCUT2D eigenvalue weighted by Crippen LogP contribution is 2.26. The largest absolute Gasteiger partial charge is 0.381 e. The van der Waals surface area contributed by atoms with Gasteiger partial charge in [-0.2, -0.15) is 0 Å². The number of carbonyl (C=O) groups excluding carboxylic acids is 1. The Labute approximate surface area is 133 Å². The number of nitrogens with two attached hydrogens (primary N) is 1. The number of carbonyl (C=O) groups is 1. The summed E-state index contributed by atoms with van der Waals surface area (Å²) in [5.41, 5.74) is 6.16. The molecule has 3 rings (SSSR count). The standard InChI is InChI=1S/C17H31N3O2/c18-16(14-6-9-22-10-7-14)17(21)19-15-5-8-20(12-15)11-13-3-1-2-4-13/h13-16H,1-12,18H2,(H,19,21). The van der Waals surface area contributed by atoms with E-state index in [0.717, 1.165) is 51.5 Å². The Hall–Kier alpha value is -0.650. The van der Waals surface area contributed by atoms with Crippen LogP contribution < -0.4 is 11.1 Å². The van der Waals surface area contributed by atoms with Gasteiger partial charge in [-0.15, -0.1) is 0 Å². The maximum atomic E-state index is 12.4. The molecule has 0 radical (unpaired) electrons. The van der Waals surface area contributed by atoms with Crippen LogP contribution >= 0.6 is 0 Å². The highest BCUT2D eigenvalue weighted by molar-refractivity contribution is 5.82. The van der Waals surface area contributed by atoms with Crippen LogP contribution in [0.1, 0.15) is 44.9 Å². The summed E-state index contributed by atoms with van der Waals surface area (Å²) >= 11 is 0. The summed E-state index contributed by atoms with van der Waals surface area (Å²) in [6.45, 7) is 4.82. The molecule has 22 heavy (non-hydrogen) atoms. The molecule has 2 saturated heterocycles. The normalized spacial score (nSPS) is 29.8. The fourth-order valence-electron chi connectivity index (χ4n) is 4.26. The molecular formula is C17H31N3O2. The lowest BCUT2D eigenvalue weighted by molar-refractivity contribution is -0.125. The van der Waals surface area contributed by atoms with Crippen LogP contribution in [0.5, 0.6) is 0 Å². The van der Waals surface area contributed by atoms with E-state index in [0.29, 0.717) is 6.04 Å². The predicted molar refractivity (Wildman–Crippen MR) is 86.5 cm³/mol. The van der Waals surface area contributed by atoms with Crippen molar-refractivity contribution >= 4 is 5.91 Å². The third-order valence-electron chi connectivity index (χ3n) is 5.69. The number of rotatable bonds is 5.